The van der Waals surface area contributed by atoms with Crippen molar-refractivity contribution in [2.24, 2.45) is 11.1 Å². The highest BCUT2D eigenvalue weighted by molar-refractivity contribution is 5.81. The predicted octanol–water partition coefficient (Wildman–Crippen LogP) is 1.36. The molecule has 0 saturated carbocycles. The van der Waals surface area contributed by atoms with E-state index in [0.29, 0.717) is 12.5 Å². The van der Waals surface area contributed by atoms with Crippen molar-refractivity contribution in [2.75, 3.05) is 18.0 Å². The van der Waals surface area contributed by atoms with E-state index >= 15 is 0 Å². The maximum atomic E-state index is 12.2. The zero-order chi connectivity index (χ0) is 16.8. The summed E-state index contributed by atoms with van der Waals surface area (Å²) in [5, 5.41) is 0. The minimum atomic E-state index is -0.528. The number of primary amides is 1. The molecular weight excluding hydrogens is 304 g/mol. The van der Waals surface area contributed by atoms with Gasteiger partial charge in [0.1, 0.15) is 0 Å². The van der Waals surface area contributed by atoms with Gasteiger partial charge in [-0.1, -0.05) is 0 Å². The number of carbonyl (C=O) groups is 1. The number of nitrogens with zero attached hydrogens (tertiary/aromatic N) is 5. The van der Waals surface area contributed by atoms with Crippen LogP contribution >= 0.6 is 0 Å². The molecule has 7 heteroatoms. The van der Waals surface area contributed by atoms with E-state index in [-0.39, 0.29) is 5.91 Å². The minimum absolute atomic E-state index is 0.234. The minimum Gasteiger partial charge on any atom is -0.369 e. The van der Waals surface area contributed by atoms with Crippen molar-refractivity contribution in [2.45, 2.75) is 32.1 Å². The van der Waals surface area contributed by atoms with Gasteiger partial charge >= 0.3 is 0 Å². The van der Waals surface area contributed by atoms with Gasteiger partial charge < -0.3 is 10.6 Å². The van der Waals surface area contributed by atoms with Crippen LogP contribution in [0.2, 0.25) is 0 Å². The molecular formula is C17H22N6O. The van der Waals surface area contributed by atoms with Crippen molar-refractivity contribution in [3.63, 3.8) is 0 Å². The number of carbonyl (C=O) groups excluding carboxylic acids is 1. The van der Waals surface area contributed by atoms with Crippen LogP contribution in [0.3, 0.4) is 0 Å². The van der Waals surface area contributed by atoms with Crippen LogP contribution in [0.1, 0.15) is 31.4 Å². The second kappa shape index (κ2) is 7.33. The van der Waals surface area contributed by atoms with Crippen LogP contribution in [-0.2, 0) is 11.2 Å². The smallest absolute Gasteiger partial charge is 0.225 e. The summed E-state index contributed by atoms with van der Waals surface area (Å²) >= 11 is 0. The van der Waals surface area contributed by atoms with E-state index < -0.39 is 5.41 Å². The van der Waals surface area contributed by atoms with Crippen molar-refractivity contribution >= 4 is 11.9 Å². The van der Waals surface area contributed by atoms with Crippen molar-refractivity contribution < 1.29 is 4.79 Å². The lowest BCUT2D eigenvalue weighted by molar-refractivity contribution is -0.128. The number of hydrogen-bond donors (Lipinski definition) is 1. The normalized spacial score (nSPS) is 20.8. The molecule has 0 spiro atoms. The second-order valence-electron chi connectivity index (χ2n) is 6.27. The topological polar surface area (TPSA) is 97.9 Å². The number of piperidine rings is 1. The molecule has 24 heavy (non-hydrogen) atoms. The molecule has 0 unspecified atom stereocenters. The summed E-state index contributed by atoms with van der Waals surface area (Å²) in [7, 11) is 0. The molecule has 1 aliphatic heterocycles. The van der Waals surface area contributed by atoms with Gasteiger partial charge in [0, 0.05) is 44.1 Å². The highest BCUT2D eigenvalue weighted by atomic mass is 16.1. The van der Waals surface area contributed by atoms with E-state index in [1.807, 2.05) is 0 Å². The summed E-state index contributed by atoms with van der Waals surface area (Å²) in [6, 6.07) is 1.79. The van der Waals surface area contributed by atoms with E-state index in [1.54, 1.807) is 37.1 Å². The monoisotopic (exact) mass is 326 g/mol. The Morgan fingerprint density at radius 1 is 1.21 bits per heavy atom. The lowest BCUT2D eigenvalue weighted by Gasteiger charge is -2.40. The van der Waals surface area contributed by atoms with Gasteiger partial charge in [-0.05, 0) is 38.2 Å². The molecule has 0 aliphatic carbocycles. The fourth-order valence-corrected chi connectivity index (χ4v) is 3.35. The van der Waals surface area contributed by atoms with Crippen LogP contribution in [0.4, 0.5) is 5.95 Å². The molecule has 0 radical (unpaired) electrons. The zero-order valence-electron chi connectivity index (χ0n) is 13.6. The Kier molecular flexibility index (Phi) is 4.98. The fourth-order valence-electron chi connectivity index (χ4n) is 3.35. The van der Waals surface area contributed by atoms with Gasteiger partial charge in [-0.3, -0.25) is 14.8 Å². The summed E-state index contributed by atoms with van der Waals surface area (Å²) in [4.78, 5) is 31.2. The predicted molar refractivity (Wildman–Crippen MR) is 90.1 cm³/mol. The van der Waals surface area contributed by atoms with Gasteiger partial charge in [0.2, 0.25) is 11.9 Å². The maximum Gasteiger partial charge on any atom is 0.225 e. The van der Waals surface area contributed by atoms with E-state index in [4.69, 9.17) is 5.73 Å². The Morgan fingerprint density at radius 3 is 2.75 bits per heavy atom. The number of amides is 1. The molecule has 1 aliphatic rings. The van der Waals surface area contributed by atoms with Crippen LogP contribution in [-0.4, -0.2) is 38.9 Å². The molecule has 2 N–H and O–H groups in total. The van der Waals surface area contributed by atoms with Gasteiger partial charge in [0.15, 0.2) is 0 Å². The van der Waals surface area contributed by atoms with Crippen LogP contribution < -0.4 is 10.6 Å². The maximum absolute atomic E-state index is 12.2. The van der Waals surface area contributed by atoms with E-state index in [0.717, 1.165) is 44.3 Å². The van der Waals surface area contributed by atoms with Gasteiger partial charge in [-0.2, -0.15) is 0 Å². The van der Waals surface area contributed by atoms with Crippen molar-refractivity contribution in [3.8, 4) is 0 Å². The first-order chi connectivity index (χ1) is 11.7. The fraction of sp³-hybridized carbons (Fsp3) is 0.471. The number of anilines is 1. The highest BCUT2D eigenvalue weighted by Crippen LogP contribution is 2.35. The molecule has 3 heterocycles. The lowest BCUT2D eigenvalue weighted by atomic mass is 9.75. The standard InChI is InChI=1S/C17H22N6O/c18-15(24)17(5-1-4-14-12-19-9-10-20-14)6-2-11-23(13-17)16-21-7-3-8-22-16/h3,7-10,12H,1-2,4-6,11,13H2,(H2,18,24)/t17-/m0/s1. The summed E-state index contributed by atoms with van der Waals surface area (Å²) in [6.45, 7) is 1.43. The molecule has 1 saturated heterocycles. The van der Waals surface area contributed by atoms with Crippen molar-refractivity contribution in [1.82, 2.24) is 19.9 Å². The van der Waals surface area contributed by atoms with E-state index in [9.17, 15) is 4.79 Å². The molecule has 1 fully saturated rings. The summed E-state index contributed by atoms with van der Waals surface area (Å²) in [5.74, 6) is 0.430. The average molecular weight is 326 g/mol. The first-order valence-electron chi connectivity index (χ1n) is 8.26. The second-order valence-corrected chi connectivity index (χ2v) is 6.27. The molecule has 1 amide bonds. The van der Waals surface area contributed by atoms with Gasteiger partial charge in [0.05, 0.1) is 11.1 Å². The number of rotatable bonds is 6. The number of aromatic nitrogens is 4. The Bertz CT molecular complexity index is 665. The van der Waals surface area contributed by atoms with Crippen LogP contribution in [0.5, 0.6) is 0 Å². The summed E-state index contributed by atoms with van der Waals surface area (Å²) in [5.41, 5.74) is 6.20. The summed E-state index contributed by atoms with van der Waals surface area (Å²) < 4.78 is 0. The molecule has 2 aromatic rings. The lowest BCUT2D eigenvalue weighted by Crippen LogP contribution is -2.51. The number of aryl methyl sites for hydroxylation is 1. The summed E-state index contributed by atoms with van der Waals surface area (Å²) in [6.07, 6.45) is 12.7. The third-order valence-electron chi connectivity index (χ3n) is 4.64. The van der Waals surface area contributed by atoms with Crippen molar-refractivity contribution in [1.29, 1.82) is 0 Å². The molecule has 3 rings (SSSR count). The van der Waals surface area contributed by atoms with Gasteiger partial charge in [-0.25, -0.2) is 9.97 Å². The molecule has 0 aromatic carbocycles. The van der Waals surface area contributed by atoms with Crippen LogP contribution in [0.25, 0.3) is 0 Å². The van der Waals surface area contributed by atoms with E-state index in [2.05, 4.69) is 24.8 Å². The average Bonchev–Trinajstić information content (AvgIpc) is 2.63. The SMILES string of the molecule is NC(=O)[C@@]1(CCCc2cnccn2)CCCN(c2ncccn2)C1. The molecule has 7 nitrogen and oxygen atoms in total. The quantitative estimate of drug-likeness (QED) is 0.861. The zero-order valence-corrected chi connectivity index (χ0v) is 13.6. The van der Waals surface area contributed by atoms with Crippen LogP contribution in [0.15, 0.2) is 37.1 Å². The number of hydrogen-bond acceptors (Lipinski definition) is 6. The third kappa shape index (κ3) is 3.67. The largest absolute Gasteiger partial charge is 0.369 e. The molecule has 1 atom stereocenters. The Labute approximate surface area is 141 Å². The highest BCUT2D eigenvalue weighted by Gasteiger charge is 2.40. The Balaban J connectivity index is 1.67. The molecule has 126 valence electrons. The Morgan fingerprint density at radius 2 is 2.04 bits per heavy atom. The first-order valence-corrected chi connectivity index (χ1v) is 8.26. The van der Waals surface area contributed by atoms with Crippen LogP contribution in [0, 0.1) is 5.41 Å². The molecule has 2 aromatic heterocycles. The number of nitrogens with two attached hydrogens (primary N) is 1. The van der Waals surface area contributed by atoms with Gasteiger partial charge in [-0.15, -0.1) is 0 Å². The van der Waals surface area contributed by atoms with Gasteiger partial charge in [0.25, 0.3) is 0 Å². The Hall–Kier alpha value is -2.57. The first kappa shape index (κ1) is 16.3. The van der Waals surface area contributed by atoms with E-state index in [1.165, 1.54) is 0 Å². The third-order valence-corrected chi connectivity index (χ3v) is 4.64. The van der Waals surface area contributed by atoms with Crippen molar-refractivity contribution in [3.05, 3.63) is 42.7 Å². The molecule has 0 bridgehead atoms.